The standard InChI is InChI=1S/C13H16N4O2S/c14-12-4-2-1-3-10(12)8-17(11-5-6-11)20(18,19)13-7-15-9-16-13/h1-4,7,9,11H,5-6,8,14H2,(H,15,16). The molecule has 6 nitrogen and oxygen atoms in total. The third kappa shape index (κ3) is 2.41. The Balaban J connectivity index is 1.93. The summed E-state index contributed by atoms with van der Waals surface area (Å²) in [7, 11) is -3.55. The van der Waals surface area contributed by atoms with E-state index in [9.17, 15) is 8.42 Å². The number of nitrogens with zero attached hydrogens (tertiary/aromatic N) is 2. The first-order chi connectivity index (χ1) is 9.59. The van der Waals surface area contributed by atoms with Crippen molar-refractivity contribution in [3.05, 3.63) is 42.4 Å². The molecule has 1 aliphatic carbocycles. The lowest BCUT2D eigenvalue weighted by molar-refractivity contribution is 0.397. The number of nitrogens with two attached hydrogens (primary N) is 1. The maximum atomic E-state index is 12.6. The molecule has 3 rings (SSSR count). The largest absolute Gasteiger partial charge is 0.398 e. The van der Waals surface area contributed by atoms with Crippen LogP contribution in [0.1, 0.15) is 18.4 Å². The van der Waals surface area contributed by atoms with Crippen molar-refractivity contribution in [1.82, 2.24) is 14.3 Å². The van der Waals surface area contributed by atoms with Crippen molar-refractivity contribution in [3.63, 3.8) is 0 Å². The highest BCUT2D eigenvalue weighted by Crippen LogP contribution is 2.33. The van der Waals surface area contributed by atoms with E-state index in [1.54, 1.807) is 6.07 Å². The number of rotatable bonds is 5. The molecule has 1 saturated carbocycles. The zero-order chi connectivity index (χ0) is 14.2. The van der Waals surface area contributed by atoms with Gasteiger partial charge < -0.3 is 10.7 Å². The summed E-state index contributed by atoms with van der Waals surface area (Å²) >= 11 is 0. The fraction of sp³-hybridized carbons (Fsp3) is 0.308. The predicted octanol–water partition coefficient (Wildman–Crippen LogP) is 1.35. The number of sulfonamides is 1. The number of benzene rings is 1. The molecule has 0 aliphatic heterocycles. The van der Waals surface area contributed by atoms with Gasteiger partial charge in [-0.3, -0.25) is 0 Å². The Morgan fingerprint density at radius 3 is 2.70 bits per heavy atom. The number of aromatic nitrogens is 2. The van der Waals surface area contributed by atoms with Gasteiger partial charge in [-0.15, -0.1) is 0 Å². The van der Waals surface area contributed by atoms with Crippen LogP contribution in [0.5, 0.6) is 0 Å². The SMILES string of the molecule is Nc1ccccc1CN(C1CC1)S(=O)(=O)c1cnc[nH]1. The number of hydrogen-bond acceptors (Lipinski definition) is 4. The fourth-order valence-corrected chi connectivity index (χ4v) is 3.69. The van der Waals surface area contributed by atoms with Crippen molar-refractivity contribution in [1.29, 1.82) is 0 Å². The minimum Gasteiger partial charge on any atom is -0.398 e. The molecule has 0 unspecified atom stereocenters. The summed E-state index contributed by atoms with van der Waals surface area (Å²) in [6, 6.07) is 7.39. The fourth-order valence-electron chi connectivity index (χ4n) is 2.13. The monoisotopic (exact) mass is 292 g/mol. The van der Waals surface area contributed by atoms with Gasteiger partial charge in [-0.25, -0.2) is 13.4 Å². The van der Waals surface area contributed by atoms with Gasteiger partial charge in [0, 0.05) is 18.3 Å². The minimum absolute atomic E-state index is 0.0582. The molecule has 0 atom stereocenters. The van der Waals surface area contributed by atoms with Gasteiger partial charge in [0.15, 0.2) is 5.03 Å². The second-order valence-corrected chi connectivity index (χ2v) is 6.76. The first-order valence-electron chi connectivity index (χ1n) is 6.42. The van der Waals surface area contributed by atoms with Crippen molar-refractivity contribution >= 4 is 15.7 Å². The first-order valence-corrected chi connectivity index (χ1v) is 7.86. The number of nitrogens with one attached hydrogen (secondary N) is 1. The number of imidazole rings is 1. The van der Waals surface area contributed by atoms with Crippen LogP contribution >= 0.6 is 0 Å². The van der Waals surface area contributed by atoms with Crippen molar-refractivity contribution in [2.24, 2.45) is 0 Å². The molecule has 2 aromatic rings. The molecule has 0 radical (unpaired) electrons. The maximum Gasteiger partial charge on any atom is 0.260 e. The normalized spacial score (nSPS) is 15.7. The molecule has 1 aliphatic rings. The third-order valence-corrected chi connectivity index (χ3v) is 5.22. The number of anilines is 1. The lowest BCUT2D eigenvalue weighted by Gasteiger charge is -2.21. The summed E-state index contributed by atoms with van der Waals surface area (Å²) in [5.41, 5.74) is 7.34. The minimum atomic E-state index is -3.55. The Hall–Kier alpha value is -1.86. The molecule has 1 heterocycles. The Morgan fingerprint density at radius 1 is 1.35 bits per heavy atom. The zero-order valence-electron chi connectivity index (χ0n) is 10.9. The third-order valence-electron chi connectivity index (χ3n) is 3.40. The summed E-state index contributed by atoms with van der Waals surface area (Å²) in [4.78, 5) is 6.46. The van der Waals surface area contributed by atoms with E-state index in [0.29, 0.717) is 12.2 Å². The van der Waals surface area contributed by atoms with Gasteiger partial charge in [0.25, 0.3) is 10.0 Å². The van der Waals surface area contributed by atoms with Gasteiger partial charge in [-0.05, 0) is 24.5 Å². The van der Waals surface area contributed by atoms with E-state index in [1.165, 1.54) is 16.8 Å². The van der Waals surface area contributed by atoms with Crippen LogP contribution in [0.25, 0.3) is 0 Å². The van der Waals surface area contributed by atoms with Crippen LogP contribution in [0.3, 0.4) is 0 Å². The average Bonchev–Trinajstić information content (AvgIpc) is 3.09. The molecule has 1 aromatic carbocycles. The zero-order valence-corrected chi connectivity index (χ0v) is 11.7. The maximum absolute atomic E-state index is 12.6. The second-order valence-electron chi connectivity index (χ2n) is 4.90. The Kier molecular flexibility index (Phi) is 3.23. The molecular formula is C13H16N4O2S. The predicted molar refractivity (Wildman–Crippen MR) is 75.2 cm³/mol. The average molecular weight is 292 g/mol. The van der Waals surface area contributed by atoms with Crippen LogP contribution in [0.2, 0.25) is 0 Å². The van der Waals surface area contributed by atoms with E-state index in [2.05, 4.69) is 9.97 Å². The number of para-hydroxylation sites is 1. The summed E-state index contributed by atoms with van der Waals surface area (Å²) in [6.07, 6.45) is 4.48. The molecule has 0 bridgehead atoms. The highest BCUT2D eigenvalue weighted by atomic mass is 32.2. The Labute approximate surface area is 117 Å². The molecule has 1 aromatic heterocycles. The molecule has 3 N–H and O–H groups in total. The molecule has 7 heteroatoms. The van der Waals surface area contributed by atoms with Crippen molar-refractivity contribution in [2.75, 3.05) is 5.73 Å². The first kappa shape index (κ1) is 13.1. The van der Waals surface area contributed by atoms with Crippen LogP contribution in [-0.4, -0.2) is 28.7 Å². The smallest absolute Gasteiger partial charge is 0.260 e. The lowest BCUT2D eigenvalue weighted by Crippen LogP contribution is -2.33. The van der Waals surface area contributed by atoms with E-state index in [4.69, 9.17) is 5.73 Å². The van der Waals surface area contributed by atoms with Gasteiger partial charge in [0.1, 0.15) is 0 Å². The highest BCUT2D eigenvalue weighted by Gasteiger charge is 2.38. The quantitative estimate of drug-likeness (QED) is 0.814. The molecule has 0 spiro atoms. The van der Waals surface area contributed by atoms with Crippen molar-refractivity contribution < 1.29 is 8.42 Å². The Morgan fingerprint density at radius 2 is 2.10 bits per heavy atom. The van der Waals surface area contributed by atoms with E-state index in [-0.39, 0.29) is 11.1 Å². The lowest BCUT2D eigenvalue weighted by atomic mass is 10.2. The number of hydrogen-bond donors (Lipinski definition) is 2. The summed E-state index contributed by atoms with van der Waals surface area (Å²) in [6.45, 7) is 0.290. The van der Waals surface area contributed by atoms with Crippen LogP contribution in [-0.2, 0) is 16.6 Å². The molecule has 106 valence electrons. The summed E-state index contributed by atoms with van der Waals surface area (Å²) < 4.78 is 26.7. The molecule has 0 saturated heterocycles. The Bertz CT molecular complexity index is 693. The van der Waals surface area contributed by atoms with Gasteiger partial charge in [-0.2, -0.15) is 4.31 Å². The molecule has 1 fully saturated rings. The van der Waals surface area contributed by atoms with Crippen LogP contribution < -0.4 is 5.73 Å². The molecular weight excluding hydrogens is 276 g/mol. The number of aromatic amines is 1. The van der Waals surface area contributed by atoms with Crippen LogP contribution in [0, 0.1) is 0 Å². The van der Waals surface area contributed by atoms with Crippen LogP contribution in [0.15, 0.2) is 41.8 Å². The van der Waals surface area contributed by atoms with Crippen molar-refractivity contribution in [3.8, 4) is 0 Å². The number of H-pyrrole nitrogens is 1. The molecule has 0 amide bonds. The van der Waals surface area contributed by atoms with E-state index >= 15 is 0 Å². The molecule has 20 heavy (non-hydrogen) atoms. The number of nitrogen functional groups attached to an aromatic ring is 1. The van der Waals surface area contributed by atoms with E-state index in [1.807, 2.05) is 18.2 Å². The van der Waals surface area contributed by atoms with Gasteiger partial charge in [-0.1, -0.05) is 18.2 Å². The van der Waals surface area contributed by atoms with Crippen LogP contribution in [0.4, 0.5) is 5.69 Å². The summed E-state index contributed by atoms with van der Waals surface area (Å²) in [5, 5.41) is 0.124. The topological polar surface area (TPSA) is 92.1 Å². The second kappa shape index (κ2) is 4.92. The van der Waals surface area contributed by atoms with E-state index in [0.717, 1.165) is 18.4 Å². The van der Waals surface area contributed by atoms with Gasteiger partial charge in [0.2, 0.25) is 0 Å². The summed E-state index contributed by atoms with van der Waals surface area (Å²) in [5.74, 6) is 0. The van der Waals surface area contributed by atoms with Crippen molar-refractivity contribution in [2.45, 2.75) is 30.5 Å². The van der Waals surface area contributed by atoms with E-state index < -0.39 is 10.0 Å². The highest BCUT2D eigenvalue weighted by molar-refractivity contribution is 7.89. The van der Waals surface area contributed by atoms with Gasteiger partial charge >= 0.3 is 0 Å². The van der Waals surface area contributed by atoms with Gasteiger partial charge in [0.05, 0.1) is 12.5 Å².